The Morgan fingerprint density at radius 2 is 0.950 bits per heavy atom. The van der Waals surface area contributed by atoms with Gasteiger partial charge < -0.3 is 28.6 Å². The first-order valence-electron chi connectivity index (χ1n) is 23.4. The van der Waals surface area contributed by atoms with Crippen molar-refractivity contribution < 1.29 is 38.2 Å². The number of carboxylic acids is 1. The molecule has 0 saturated carbocycles. The van der Waals surface area contributed by atoms with Gasteiger partial charge >= 0.3 is 11.9 Å². The van der Waals surface area contributed by atoms with Gasteiger partial charge in [-0.3, -0.25) is 9.59 Å². The number of esters is 2. The zero-order valence-electron chi connectivity index (χ0n) is 38.6. The Labute approximate surface area is 366 Å². The van der Waals surface area contributed by atoms with Crippen LogP contribution >= 0.6 is 0 Å². The summed E-state index contributed by atoms with van der Waals surface area (Å²) in [6, 6.07) is -0.741. The van der Waals surface area contributed by atoms with Crippen molar-refractivity contribution in [2.75, 3.05) is 41.0 Å². The Kier molecular flexibility index (Phi) is 39.3. The van der Waals surface area contributed by atoms with Crippen LogP contribution in [0.5, 0.6) is 0 Å². The molecule has 0 rings (SSSR count). The smallest absolute Gasteiger partial charge is 0.306 e. The van der Waals surface area contributed by atoms with E-state index >= 15 is 0 Å². The van der Waals surface area contributed by atoms with Crippen LogP contribution in [-0.4, -0.2) is 75.5 Å². The first-order valence-corrected chi connectivity index (χ1v) is 23.4. The van der Waals surface area contributed by atoms with Crippen LogP contribution in [0, 0.1) is 0 Å². The van der Waals surface area contributed by atoms with Gasteiger partial charge in [0.05, 0.1) is 40.3 Å². The molecule has 8 heteroatoms. The van der Waals surface area contributed by atoms with E-state index in [0.717, 1.165) is 44.9 Å². The molecular formula is C52H85NO7. The summed E-state index contributed by atoms with van der Waals surface area (Å²) in [4.78, 5) is 36.9. The van der Waals surface area contributed by atoms with Gasteiger partial charge in [0.15, 0.2) is 6.10 Å². The normalized spacial score (nSPS) is 13.8. The topological polar surface area (TPSA) is 102 Å². The average molecular weight is 836 g/mol. The molecule has 0 aromatic carbocycles. The molecule has 0 aromatic rings. The van der Waals surface area contributed by atoms with E-state index in [1.54, 1.807) is 21.1 Å². The number of unbranched alkanes of at least 4 members (excludes halogenated alkanes) is 16. The molecule has 0 aromatic heterocycles. The number of hydrogen-bond acceptors (Lipinski definition) is 7. The van der Waals surface area contributed by atoms with E-state index in [2.05, 4.69) is 38.2 Å². The molecule has 8 nitrogen and oxygen atoms in total. The maximum Gasteiger partial charge on any atom is 0.306 e. The van der Waals surface area contributed by atoms with E-state index in [9.17, 15) is 19.5 Å². The summed E-state index contributed by atoms with van der Waals surface area (Å²) in [5.74, 6) is -1.81. The molecule has 0 fully saturated rings. The van der Waals surface area contributed by atoms with Gasteiger partial charge in [0.25, 0.3) is 0 Å². The number of carbonyl (C=O) groups excluding carboxylic acids is 3. The number of quaternary nitrogens is 1. The number of hydrogen-bond donors (Lipinski definition) is 0. The minimum absolute atomic E-state index is 0.0144. The van der Waals surface area contributed by atoms with Gasteiger partial charge in [0, 0.05) is 19.3 Å². The van der Waals surface area contributed by atoms with Crippen LogP contribution in [0.25, 0.3) is 0 Å². The van der Waals surface area contributed by atoms with Crippen LogP contribution in [0.3, 0.4) is 0 Å². The fourth-order valence-corrected chi connectivity index (χ4v) is 6.28. The molecule has 60 heavy (non-hydrogen) atoms. The molecule has 0 saturated heterocycles. The molecule has 0 N–H and O–H groups in total. The average Bonchev–Trinajstić information content (AvgIpc) is 3.21. The van der Waals surface area contributed by atoms with Gasteiger partial charge in [0.1, 0.15) is 12.6 Å². The predicted octanol–water partition coefficient (Wildman–Crippen LogP) is 11.7. The predicted molar refractivity (Wildman–Crippen MR) is 249 cm³/mol. The van der Waals surface area contributed by atoms with Crippen molar-refractivity contribution in [3.8, 4) is 0 Å². The zero-order chi connectivity index (χ0) is 44.2. The minimum Gasteiger partial charge on any atom is -0.544 e. The van der Waals surface area contributed by atoms with Crippen LogP contribution in [0.1, 0.15) is 162 Å². The summed E-state index contributed by atoms with van der Waals surface area (Å²) in [6.45, 7) is 4.44. The quantitative estimate of drug-likeness (QED) is 0.0199. The molecule has 0 bridgehead atoms. The maximum atomic E-state index is 12.7. The summed E-state index contributed by atoms with van der Waals surface area (Å²) in [5.41, 5.74) is 0. The first kappa shape index (κ1) is 56.2. The van der Waals surface area contributed by atoms with Crippen LogP contribution < -0.4 is 5.11 Å². The molecule has 0 spiro atoms. The Morgan fingerprint density at radius 3 is 1.45 bits per heavy atom. The standard InChI is InChI=1S/C52H85NO7/c1-6-8-10-12-14-16-18-20-22-24-25-27-29-31-33-35-37-39-41-43-51(55)60-48(46-58-45-44-49(52(56)57)53(3,4)5)47-59-50(54)42-40-38-36-34-32-30-28-26-23-21-19-17-15-13-11-9-7-2/h8,10,12,14,16,18,20-25,27,29,31,33,48-49H,6-7,9,11,13,15,17,19,26,28,30,32,34-47H2,1-5H3/b10-8+,14-12+,18-16+,22-20+,23-21+,25-24+,29-27+,33-31+. The van der Waals surface area contributed by atoms with Crippen molar-refractivity contribution in [3.05, 3.63) is 97.2 Å². The lowest BCUT2D eigenvalue weighted by Crippen LogP contribution is -2.55. The molecule has 0 amide bonds. The molecular weight excluding hydrogens is 751 g/mol. The van der Waals surface area contributed by atoms with Gasteiger partial charge in [-0.05, 0) is 57.8 Å². The highest BCUT2D eigenvalue weighted by Crippen LogP contribution is 2.13. The Bertz CT molecular complexity index is 1300. The van der Waals surface area contributed by atoms with Crippen molar-refractivity contribution in [1.29, 1.82) is 0 Å². The highest BCUT2D eigenvalue weighted by molar-refractivity contribution is 5.70. The first-order chi connectivity index (χ1) is 29.1. The van der Waals surface area contributed by atoms with Gasteiger partial charge in [0.2, 0.25) is 0 Å². The van der Waals surface area contributed by atoms with E-state index in [4.69, 9.17) is 14.2 Å². The van der Waals surface area contributed by atoms with E-state index < -0.39 is 18.1 Å². The van der Waals surface area contributed by atoms with Crippen LogP contribution in [0.4, 0.5) is 0 Å². The van der Waals surface area contributed by atoms with Gasteiger partial charge in [-0.15, -0.1) is 0 Å². The van der Waals surface area contributed by atoms with Gasteiger partial charge in [-0.1, -0.05) is 182 Å². The molecule has 0 aliphatic rings. The Hall–Kier alpha value is -3.75. The van der Waals surface area contributed by atoms with Gasteiger partial charge in [-0.2, -0.15) is 0 Å². The lowest BCUT2D eigenvalue weighted by molar-refractivity contribution is -0.889. The molecule has 2 atom stereocenters. The number of carboxylic acid groups (broad SMARTS) is 1. The summed E-state index contributed by atoms with van der Waals surface area (Å²) >= 11 is 0. The second-order valence-electron chi connectivity index (χ2n) is 16.4. The second-order valence-corrected chi connectivity index (χ2v) is 16.4. The Morgan fingerprint density at radius 1 is 0.517 bits per heavy atom. The molecule has 0 radical (unpaired) electrons. The number of rotatable bonds is 40. The molecule has 0 heterocycles. The number of carbonyl (C=O) groups is 3. The largest absolute Gasteiger partial charge is 0.544 e. The van der Waals surface area contributed by atoms with Crippen molar-refractivity contribution in [1.82, 2.24) is 0 Å². The third-order valence-corrected chi connectivity index (χ3v) is 9.90. The lowest BCUT2D eigenvalue weighted by Gasteiger charge is -2.34. The van der Waals surface area contributed by atoms with E-state index in [-0.39, 0.29) is 49.1 Å². The van der Waals surface area contributed by atoms with Crippen molar-refractivity contribution >= 4 is 17.9 Å². The van der Waals surface area contributed by atoms with E-state index in [0.29, 0.717) is 12.8 Å². The van der Waals surface area contributed by atoms with Crippen LogP contribution in [0.15, 0.2) is 97.2 Å². The Balaban J connectivity index is 4.45. The maximum absolute atomic E-state index is 12.7. The SMILES string of the molecule is CC/C=C/C=C/C=C/C=C/C=C/C=C/C=C/CCCCCC(=O)OC(COCCC(C(=O)[O-])[N+](C)(C)C)COC(=O)CCCCCCCCC/C=C/CCCCCCCC. The number of likely N-dealkylation sites (N-methyl/N-ethyl adjacent to an activating group) is 1. The number of allylic oxidation sites excluding steroid dienone is 16. The third kappa shape index (κ3) is 39.7. The zero-order valence-corrected chi connectivity index (χ0v) is 38.6. The molecule has 2 unspecified atom stereocenters. The summed E-state index contributed by atoms with van der Waals surface area (Å²) in [6.07, 6.45) is 55.7. The van der Waals surface area contributed by atoms with Crippen molar-refractivity contribution in [2.45, 2.75) is 174 Å². The highest BCUT2D eigenvalue weighted by atomic mass is 16.6. The van der Waals surface area contributed by atoms with E-state index in [1.165, 1.54) is 77.0 Å². The molecule has 0 aliphatic heterocycles. The minimum atomic E-state index is -1.14. The van der Waals surface area contributed by atoms with E-state index in [1.807, 2.05) is 72.9 Å². The summed E-state index contributed by atoms with van der Waals surface area (Å²) in [5, 5.41) is 11.6. The highest BCUT2D eigenvalue weighted by Gasteiger charge is 2.25. The van der Waals surface area contributed by atoms with Gasteiger partial charge in [-0.25, -0.2) is 0 Å². The summed E-state index contributed by atoms with van der Waals surface area (Å²) < 4.78 is 17.1. The van der Waals surface area contributed by atoms with Crippen molar-refractivity contribution in [2.24, 2.45) is 0 Å². The van der Waals surface area contributed by atoms with Crippen LogP contribution in [-0.2, 0) is 28.6 Å². The number of aliphatic carboxylic acids is 1. The summed E-state index contributed by atoms with van der Waals surface area (Å²) in [7, 11) is 5.38. The van der Waals surface area contributed by atoms with Crippen LogP contribution in [0.2, 0.25) is 0 Å². The van der Waals surface area contributed by atoms with Crippen molar-refractivity contribution in [3.63, 3.8) is 0 Å². The monoisotopic (exact) mass is 836 g/mol. The number of nitrogens with zero attached hydrogens (tertiary/aromatic N) is 1. The molecule has 340 valence electrons. The third-order valence-electron chi connectivity index (χ3n) is 9.90. The fraction of sp³-hybridized carbons (Fsp3) is 0.635. The lowest BCUT2D eigenvalue weighted by atomic mass is 10.1. The number of ether oxygens (including phenoxy) is 3. The molecule has 0 aliphatic carbocycles. The second kappa shape index (κ2) is 42.0. The fourth-order valence-electron chi connectivity index (χ4n) is 6.28.